The predicted molar refractivity (Wildman–Crippen MR) is 109 cm³/mol. The fraction of sp³-hybridized carbons (Fsp3) is 0.333. The number of rotatable bonds is 8. The molecule has 2 heterocycles. The lowest BCUT2D eigenvalue weighted by Gasteiger charge is -2.19. The average molecular weight is 542 g/mol. The maximum Gasteiger partial charge on any atom is 0.490 e. The Morgan fingerprint density at radius 3 is 2.32 bits per heavy atom. The van der Waals surface area contributed by atoms with Crippen molar-refractivity contribution in [2.45, 2.75) is 24.5 Å². The van der Waals surface area contributed by atoms with Crippen LogP contribution in [0.4, 0.5) is 0 Å². The normalized spacial score (nSPS) is 26.6. The first kappa shape index (κ1) is 26.8. The first-order chi connectivity index (χ1) is 15.6. The van der Waals surface area contributed by atoms with E-state index in [4.69, 9.17) is 24.7 Å². The van der Waals surface area contributed by atoms with Crippen molar-refractivity contribution in [2.24, 2.45) is 0 Å². The largest absolute Gasteiger partial charge is 0.490 e. The number of fused-ring (bicyclic) bond motifs is 1. The second-order valence-corrected chi connectivity index (χ2v) is 11.3. The smallest absolute Gasteiger partial charge is 0.387 e. The zero-order valence-corrected chi connectivity index (χ0v) is 19.3. The molecular weight excluding hydrogens is 525 g/mol. The van der Waals surface area contributed by atoms with E-state index in [2.05, 4.69) is 13.1 Å². The second-order valence-electron chi connectivity index (χ2n) is 6.88. The minimum Gasteiger partial charge on any atom is -0.387 e. The van der Waals surface area contributed by atoms with Gasteiger partial charge in [-0.1, -0.05) is 6.07 Å². The van der Waals surface area contributed by atoms with E-state index in [1.807, 2.05) is 6.07 Å². The summed E-state index contributed by atoms with van der Waals surface area (Å²) in [5.41, 5.74) is -0.483. The zero-order valence-electron chi connectivity index (χ0n) is 16.6. The van der Waals surface area contributed by atoms with E-state index >= 15 is 0 Å². The molecule has 6 atom stereocenters. The van der Waals surface area contributed by atoms with Gasteiger partial charge in [0.25, 0.3) is 5.56 Å². The highest BCUT2D eigenvalue weighted by molar-refractivity contribution is 7.66. The molecule has 19 heteroatoms. The molecule has 16 nitrogen and oxygen atoms in total. The van der Waals surface area contributed by atoms with E-state index in [1.54, 1.807) is 0 Å². The summed E-state index contributed by atoms with van der Waals surface area (Å²) < 4.78 is 51.7. The highest BCUT2D eigenvalue weighted by atomic mass is 31.3. The summed E-state index contributed by atoms with van der Waals surface area (Å²) in [6.07, 6.45) is -5.30. The third kappa shape index (κ3) is 6.25. The van der Waals surface area contributed by atoms with Gasteiger partial charge in [0, 0.05) is 11.6 Å². The maximum atomic E-state index is 12.8. The van der Waals surface area contributed by atoms with Crippen LogP contribution in [-0.4, -0.2) is 59.3 Å². The number of benzene rings is 1. The number of hydrogen-bond acceptors (Lipinski definition) is 11. The topological polar surface area (TPSA) is 255 Å². The minimum absolute atomic E-state index is 0.114. The van der Waals surface area contributed by atoms with Crippen LogP contribution in [0.1, 0.15) is 11.8 Å². The molecule has 1 saturated heterocycles. The Kier molecular flexibility index (Phi) is 7.64. The van der Waals surface area contributed by atoms with Gasteiger partial charge in [-0.05, 0) is 23.6 Å². The van der Waals surface area contributed by atoms with E-state index in [0.29, 0.717) is 5.39 Å². The van der Waals surface area contributed by atoms with Crippen molar-refractivity contribution in [2.75, 3.05) is 6.61 Å². The molecule has 1 aromatic heterocycles. The van der Waals surface area contributed by atoms with Gasteiger partial charge in [0.15, 0.2) is 6.23 Å². The van der Waals surface area contributed by atoms with Crippen LogP contribution in [0, 0.1) is 11.3 Å². The Labute approximate surface area is 189 Å². The van der Waals surface area contributed by atoms with Crippen molar-refractivity contribution in [1.82, 2.24) is 4.57 Å². The molecule has 0 aliphatic carbocycles. The molecule has 0 amide bonds. The number of phosphoric ester groups is 1. The number of aromatic nitrogens is 1. The summed E-state index contributed by atoms with van der Waals surface area (Å²) in [6.45, 7) is -1.03. The lowest BCUT2D eigenvalue weighted by Crippen LogP contribution is -2.35. The summed E-state index contributed by atoms with van der Waals surface area (Å²) in [5, 5.41) is 30.2. The molecule has 2 aromatic rings. The van der Waals surface area contributed by atoms with E-state index in [-0.39, 0.29) is 10.9 Å². The molecule has 1 aromatic carbocycles. The molecule has 2 unspecified atom stereocenters. The van der Waals surface area contributed by atoms with Crippen molar-refractivity contribution in [1.29, 1.82) is 5.26 Å². The molecule has 34 heavy (non-hydrogen) atoms. The standard InChI is InChI=1S/C15H17N2O14P3/c16-6-8-1-2-9-3-4-17(14(20)10(9)5-8)15-13(19)12(18)11(29-15)7-28-33(24,25)31-34(26,27)30-32(21,22)23/h1-5,11-13,15,18-19H,7H2,(H,24,25)(H,26,27)(H2,21,22,23)/t11-,12+,13+,15-/m0/s1. The van der Waals surface area contributed by atoms with Crippen molar-refractivity contribution in [3.05, 3.63) is 46.4 Å². The van der Waals surface area contributed by atoms with E-state index < -0.39 is 60.2 Å². The summed E-state index contributed by atoms with van der Waals surface area (Å²) in [4.78, 5) is 48.5. The predicted octanol–water partition coefficient (Wildman–Crippen LogP) is -0.164. The van der Waals surface area contributed by atoms with Gasteiger partial charge in [-0.25, -0.2) is 13.7 Å². The fourth-order valence-electron chi connectivity index (χ4n) is 3.09. The van der Waals surface area contributed by atoms with Crippen LogP contribution in [-0.2, 0) is 31.6 Å². The van der Waals surface area contributed by atoms with E-state index in [1.165, 1.54) is 30.5 Å². The number of pyridine rings is 1. The monoisotopic (exact) mass is 542 g/mol. The van der Waals surface area contributed by atoms with Gasteiger partial charge in [0.05, 0.1) is 18.2 Å². The van der Waals surface area contributed by atoms with E-state index in [9.17, 15) is 33.6 Å². The summed E-state index contributed by atoms with van der Waals surface area (Å²) >= 11 is 0. The lowest BCUT2D eigenvalue weighted by molar-refractivity contribution is -0.0533. The highest BCUT2D eigenvalue weighted by Gasteiger charge is 2.46. The van der Waals surface area contributed by atoms with Crippen LogP contribution in [0.15, 0.2) is 35.3 Å². The number of phosphoric acid groups is 3. The van der Waals surface area contributed by atoms with Crippen LogP contribution < -0.4 is 5.56 Å². The molecule has 6 N–H and O–H groups in total. The summed E-state index contributed by atoms with van der Waals surface area (Å²) in [5.74, 6) is 0. The second kappa shape index (κ2) is 9.69. The Hall–Kier alpha value is -1.79. The van der Waals surface area contributed by atoms with E-state index in [0.717, 1.165) is 4.57 Å². The maximum absolute atomic E-state index is 12.8. The molecule has 186 valence electrons. The Balaban J connectivity index is 1.76. The van der Waals surface area contributed by atoms with Crippen LogP contribution in [0.2, 0.25) is 0 Å². The fourth-order valence-corrected chi connectivity index (χ4v) is 6.12. The van der Waals surface area contributed by atoms with Crippen LogP contribution >= 0.6 is 23.5 Å². The molecule has 1 aliphatic heterocycles. The summed E-state index contributed by atoms with van der Waals surface area (Å²) in [6, 6.07) is 7.71. The number of hydrogen-bond donors (Lipinski definition) is 6. The van der Waals surface area contributed by atoms with Gasteiger partial charge in [-0.3, -0.25) is 13.9 Å². The van der Waals surface area contributed by atoms with Crippen molar-refractivity contribution < 1.29 is 61.4 Å². The van der Waals surface area contributed by atoms with Crippen LogP contribution in [0.3, 0.4) is 0 Å². The number of aliphatic hydroxyl groups excluding tert-OH is 2. The average Bonchev–Trinajstić information content (AvgIpc) is 2.98. The first-order valence-electron chi connectivity index (χ1n) is 8.97. The molecule has 0 bridgehead atoms. The Morgan fingerprint density at radius 2 is 1.71 bits per heavy atom. The van der Waals surface area contributed by atoms with Gasteiger partial charge < -0.3 is 34.5 Å². The number of nitriles is 1. The first-order valence-corrected chi connectivity index (χ1v) is 13.5. The minimum atomic E-state index is -5.74. The number of aliphatic hydroxyl groups is 2. The van der Waals surface area contributed by atoms with Crippen molar-refractivity contribution in [3.63, 3.8) is 0 Å². The zero-order chi connectivity index (χ0) is 25.5. The number of nitrogens with zero attached hydrogens (tertiary/aromatic N) is 2. The van der Waals surface area contributed by atoms with Gasteiger partial charge >= 0.3 is 23.5 Å². The molecule has 0 radical (unpaired) electrons. The van der Waals surface area contributed by atoms with Gasteiger partial charge in [-0.15, -0.1) is 0 Å². The van der Waals surface area contributed by atoms with Gasteiger partial charge in [0.1, 0.15) is 18.3 Å². The number of ether oxygens (including phenoxy) is 1. The molecule has 0 saturated carbocycles. The quantitative estimate of drug-likeness (QED) is 0.237. The van der Waals surface area contributed by atoms with Gasteiger partial charge in [-0.2, -0.15) is 13.9 Å². The molecular formula is C15H17N2O14P3. The molecule has 1 aliphatic rings. The van der Waals surface area contributed by atoms with Crippen LogP contribution in [0.25, 0.3) is 10.8 Å². The lowest BCUT2D eigenvalue weighted by atomic mass is 10.1. The van der Waals surface area contributed by atoms with Crippen LogP contribution in [0.5, 0.6) is 0 Å². The van der Waals surface area contributed by atoms with Crippen molar-refractivity contribution >= 4 is 34.2 Å². The highest BCUT2D eigenvalue weighted by Crippen LogP contribution is 2.66. The third-order valence-electron chi connectivity index (χ3n) is 4.49. The summed E-state index contributed by atoms with van der Waals surface area (Å²) in [7, 11) is -16.8. The van der Waals surface area contributed by atoms with Crippen molar-refractivity contribution in [3.8, 4) is 6.07 Å². The van der Waals surface area contributed by atoms with Gasteiger partial charge in [0.2, 0.25) is 0 Å². The Morgan fingerprint density at radius 1 is 1.03 bits per heavy atom. The Bertz CT molecular complexity index is 1330. The molecule has 3 rings (SSSR count). The third-order valence-corrected chi connectivity index (χ3v) is 8.29. The molecule has 1 fully saturated rings. The SMILES string of the molecule is N#Cc1ccc2ccn([C@H]3O[C@@H](COP(=O)(O)OP(=O)(O)OP(=O)(O)O)[C@@H](O)[C@H]3O)c(=O)c2c1. The molecule has 0 spiro atoms.